The van der Waals surface area contributed by atoms with Crippen molar-refractivity contribution < 1.29 is 18.8 Å². The maximum atomic E-state index is 12.9. The third-order valence-electron chi connectivity index (χ3n) is 2.91. The van der Waals surface area contributed by atoms with Gasteiger partial charge in [0.2, 0.25) is 5.82 Å². The first-order valence-corrected chi connectivity index (χ1v) is 6.07. The summed E-state index contributed by atoms with van der Waals surface area (Å²) >= 11 is 0. The zero-order valence-electron chi connectivity index (χ0n) is 10.7. The molecular weight excluding hydrogens is 275 g/mol. The average Bonchev–Trinajstić information content (AvgIpc) is 2.98. The minimum Gasteiger partial charge on any atom is -0.478 e. The minimum absolute atomic E-state index is 0.178. The Hall–Kier alpha value is -3.02. The molecule has 0 saturated carbocycles. The Morgan fingerprint density at radius 3 is 2.24 bits per heavy atom. The van der Waals surface area contributed by atoms with Crippen LogP contribution in [0.3, 0.4) is 0 Å². The highest BCUT2D eigenvalue weighted by molar-refractivity contribution is 5.88. The molecule has 1 N–H and O–H groups in total. The SMILES string of the molecule is O=C(O)c1ccc(-c2nc(-c3ccc(F)cc3)no2)cc1. The number of rotatable bonds is 3. The van der Waals surface area contributed by atoms with E-state index in [1.165, 1.54) is 24.3 Å². The number of halogens is 1. The van der Waals surface area contributed by atoms with E-state index in [2.05, 4.69) is 10.1 Å². The number of aromatic carboxylic acids is 1. The monoisotopic (exact) mass is 284 g/mol. The molecule has 0 radical (unpaired) electrons. The number of nitrogens with zero attached hydrogens (tertiary/aromatic N) is 2. The molecule has 2 aromatic carbocycles. The molecule has 1 aromatic heterocycles. The second kappa shape index (κ2) is 5.16. The Labute approximate surface area is 118 Å². The lowest BCUT2D eigenvalue weighted by Gasteiger charge is -1.96. The highest BCUT2D eigenvalue weighted by Gasteiger charge is 2.11. The molecule has 5 nitrogen and oxygen atoms in total. The summed E-state index contributed by atoms with van der Waals surface area (Å²) in [6.45, 7) is 0. The molecule has 104 valence electrons. The van der Waals surface area contributed by atoms with Crippen LogP contribution in [0.4, 0.5) is 4.39 Å². The van der Waals surface area contributed by atoms with E-state index in [1.54, 1.807) is 24.3 Å². The van der Waals surface area contributed by atoms with Crippen LogP contribution in [0.5, 0.6) is 0 Å². The fourth-order valence-electron chi connectivity index (χ4n) is 1.81. The summed E-state index contributed by atoms with van der Waals surface area (Å²) in [5.74, 6) is -0.732. The molecule has 0 unspecified atom stereocenters. The third-order valence-corrected chi connectivity index (χ3v) is 2.91. The Morgan fingerprint density at radius 1 is 1.00 bits per heavy atom. The second-order valence-electron chi connectivity index (χ2n) is 4.31. The molecule has 0 aliphatic heterocycles. The van der Waals surface area contributed by atoms with E-state index in [1.807, 2.05) is 0 Å². The Morgan fingerprint density at radius 2 is 1.62 bits per heavy atom. The van der Waals surface area contributed by atoms with E-state index < -0.39 is 5.97 Å². The van der Waals surface area contributed by atoms with Crippen LogP contribution in [-0.4, -0.2) is 21.2 Å². The highest BCUT2D eigenvalue weighted by atomic mass is 19.1. The van der Waals surface area contributed by atoms with E-state index >= 15 is 0 Å². The van der Waals surface area contributed by atoms with Gasteiger partial charge >= 0.3 is 5.97 Å². The lowest BCUT2D eigenvalue weighted by atomic mass is 10.1. The first kappa shape index (κ1) is 13.0. The standard InChI is InChI=1S/C15H9FN2O3/c16-12-7-5-9(6-8-12)13-17-14(21-18-13)10-1-3-11(4-2-10)15(19)20/h1-8H,(H,19,20). The number of carboxylic acids is 1. The minimum atomic E-state index is -1.00. The van der Waals surface area contributed by atoms with Gasteiger partial charge in [-0.1, -0.05) is 5.16 Å². The molecule has 0 aliphatic rings. The number of carbonyl (C=O) groups is 1. The fourth-order valence-corrected chi connectivity index (χ4v) is 1.81. The smallest absolute Gasteiger partial charge is 0.335 e. The Balaban J connectivity index is 1.90. The molecule has 0 saturated heterocycles. The van der Waals surface area contributed by atoms with Gasteiger partial charge in [-0.2, -0.15) is 4.98 Å². The third kappa shape index (κ3) is 2.64. The number of hydrogen-bond donors (Lipinski definition) is 1. The van der Waals surface area contributed by atoms with Gasteiger partial charge < -0.3 is 9.63 Å². The molecule has 0 fully saturated rings. The van der Waals surface area contributed by atoms with Gasteiger partial charge in [0.15, 0.2) is 0 Å². The van der Waals surface area contributed by atoms with Gasteiger partial charge in [-0.15, -0.1) is 0 Å². The first-order valence-electron chi connectivity index (χ1n) is 6.07. The highest BCUT2D eigenvalue weighted by Crippen LogP contribution is 2.22. The quantitative estimate of drug-likeness (QED) is 0.799. The van der Waals surface area contributed by atoms with E-state index in [-0.39, 0.29) is 17.3 Å². The van der Waals surface area contributed by atoms with Gasteiger partial charge in [0.25, 0.3) is 5.89 Å². The van der Waals surface area contributed by atoms with Crippen LogP contribution < -0.4 is 0 Å². The molecule has 0 bridgehead atoms. The lowest BCUT2D eigenvalue weighted by Crippen LogP contribution is -1.94. The van der Waals surface area contributed by atoms with E-state index in [9.17, 15) is 9.18 Å². The summed E-state index contributed by atoms with van der Waals surface area (Å²) in [5.41, 5.74) is 1.42. The van der Waals surface area contributed by atoms with Crippen molar-refractivity contribution in [1.82, 2.24) is 10.1 Å². The summed E-state index contributed by atoms with van der Waals surface area (Å²) < 4.78 is 18.0. The summed E-state index contributed by atoms with van der Waals surface area (Å²) in [6, 6.07) is 11.8. The normalized spacial score (nSPS) is 10.5. The first-order chi connectivity index (χ1) is 10.1. The number of aromatic nitrogens is 2. The van der Waals surface area contributed by atoms with Crippen LogP contribution in [-0.2, 0) is 0 Å². The van der Waals surface area contributed by atoms with Crippen molar-refractivity contribution in [3.63, 3.8) is 0 Å². The van der Waals surface area contributed by atoms with Crippen molar-refractivity contribution in [2.75, 3.05) is 0 Å². The van der Waals surface area contributed by atoms with Crippen molar-refractivity contribution in [3.05, 3.63) is 59.9 Å². The number of carboxylic acid groups (broad SMARTS) is 1. The zero-order chi connectivity index (χ0) is 14.8. The Bertz CT molecular complexity index is 779. The van der Waals surface area contributed by atoms with Crippen LogP contribution in [0.2, 0.25) is 0 Å². The largest absolute Gasteiger partial charge is 0.478 e. The van der Waals surface area contributed by atoms with Crippen molar-refractivity contribution in [3.8, 4) is 22.8 Å². The van der Waals surface area contributed by atoms with Crippen molar-refractivity contribution in [2.24, 2.45) is 0 Å². The van der Waals surface area contributed by atoms with Gasteiger partial charge in [-0.05, 0) is 48.5 Å². The molecule has 0 spiro atoms. The van der Waals surface area contributed by atoms with Gasteiger partial charge in [0, 0.05) is 11.1 Å². The maximum absolute atomic E-state index is 12.9. The predicted molar refractivity (Wildman–Crippen MR) is 72.1 cm³/mol. The molecule has 3 aromatic rings. The molecule has 0 aliphatic carbocycles. The fraction of sp³-hybridized carbons (Fsp3) is 0. The molecule has 6 heteroatoms. The topological polar surface area (TPSA) is 76.2 Å². The zero-order valence-corrected chi connectivity index (χ0v) is 10.7. The van der Waals surface area contributed by atoms with Crippen LogP contribution in [0.1, 0.15) is 10.4 Å². The van der Waals surface area contributed by atoms with E-state index in [0.717, 1.165) is 0 Å². The second-order valence-corrected chi connectivity index (χ2v) is 4.31. The van der Waals surface area contributed by atoms with Gasteiger partial charge in [-0.3, -0.25) is 0 Å². The lowest BCUT2D eigenvalue weighted by molar-refractivity contribution is 0.0697. The van der Waals surface area contributed by atoms with Crippen LogP contribution in [0.15, 0.2) is 53.1 Å². The number of benzene rings is 2. The van der Waals surface area contributed by atoms with Crippen LogP contribution in [0, 0.1) is 5.82 Å². The van der Waals surface area contributed by atoms with Crippen molar-refractivity contribution in [1.29, 1.82) is 0 Å². The summed E-state index contributed by atoms with van der Waals surface area (Å²) in [5, 5.41) is 12.7. The molecular formula is C15H9FN2O3. The maximum Gasteiger partial charge on any atom is 0.335 e. The summed E-state index contributed by atoms with van der Waals surface area (Å²) in [4.78, 5) is 15.0. The van der Waals surface area contributed by atoms with Crippen LogP contribution >= 0.6 is 0 Å². The molecule has 1 heterocycles. The molecule has 21 heavy (non-hydrogen) atoms. The van der Waals surface area contributed by atoms with Crippen molar-refractivity contribution >= 4 is 5.97 Å². The summed E-state index contributed by atoms with van der Waals surface area (Å²) in [7, 11) is 0. The molecule has 0 amide bonds. The predicted octanol–water partition coefficient (Wildman–Crippen LogP) is 3.24. The molecule has 0 atom stereocenters. The van der Waals surface area contributed by atoms with Gasteiger partial charge in [-0.25, -0.2) is 9.18 Å². The van der Waals surface area contributed by atoms with Gasteiger partial charge in [0.05, 0.1) is 5.56 Å². The number of hydrogen-bond acceptors (Lipinski definition) is 4. The van der Waals surface area contributed by atoms with E-state index in [0.29, 0.717) is 17.0 Å². The average molecular weight is 284 g/mol. The summed E-state index contributed by atoms with van der Waals surface area (Å²) in [6.07, 6.45) is 0. The van der Waals surface area contributed by atoms with Gasteiger partial charge in [0.1, 0.15) is 5.82 Å². The van der Waals surface area contributed by atoms with E-state index in [4.69, 9.17) is 9.63 Å². The van der Waals surface area contributed by atoms with Crippen LogP contribution in [0.25, 0.3) is 22.8 Å². The molecule has 3 rings (SSSR count). The Kier molecular flexibility index (Phi) is 3.19. The van der Waals surface area contributed by atoms with Crippen molar-refractivity contribution in [2.45, 2.75) is 0 Å².